The number of nitrogens with two attached hydrogens (primary N) is 1. The summed E-state index contributed by atoms with van der Waals surface area (Å²) in [5.74, 6) is 0.489. The lowest BCUT2D eigenvalue weighted by Crippen LogP contribution is -2.11. The molecule has 3 heteroatoms. The summed E-state index contributed by atoms with van der Waals surface area (Å²) in [4.78, 5) is 0. The first-order valence-corrected chi connectivity index (χ1v) is 4.84. The summed E-state index contributed by atoms with van der Waals surface area (Å²) >= 11 is 0. The van der Waals surface area contributed by atoms with Crippen LogP contribution in [0.2, 0.25) is 0 Å². The van der Waals surface area contributed by atoms with Crippen LogP contribution in [0.5, 0.6) is 0 Å². The van der Waals surface area contributed by atoms with Crippen molar-refractivity contribution >= 4 is 0 Å². The number of hydrogen-bond donors (Lipinski definition) is 1. The largest absolute Gasteiger partial charge is 0.326 e. The zero-order valence-electron chi connectivity index (χ0n) is 8.91. The van der Waals surface area contributed by atoms with Gasteiger partial charge in [-0.25, -0.2) is 0 Å². The van der Waals surface area contributed by atoms with Crippen molar-refractivity contribution < 1.29 is 0 Å². The van der Waals surface area contributed by atoms with Crippen LogP contribution in [0.3, 0.4) is 0 Å². The molecule has 13 heavy (non-hydrogen) atoms. The first-order valence-electron chi connectivity index (χ1n) is 4.84. The third-order valence-electron chi connectivity index (χ3n) is 2.17. The minimum atomic E-state index is 0.415. The lowest BCUT2D eigenvalue weighted by molar-refractivity contribution is 0.496. The molecule has 2 N–H and O–H groups in total. The fourth-order valence-electron chi connectivity index (χ4n) is 1.61. The molecule has 0 spiro atoms. The normalized spacial score (nSPS) is 11.6. The molecule has 1 heterocycles. The fraction of sp³-hybridized carbons (Fsp3) is 0.700. The predicted molar refractivity (Wildman–Crippen MR) is 54.6 cm³/mol. The van der Waals surface area contributed by atoms with Crippen molar-refractivity contribution in [1.29, 1.82) is 0 Å². The average molecular weight is 181 g/mol. The Balaban J connectivity index is 3.14. The summed E-state index contributed by atoms with van der Waals surface area (Å²) in [5, 5.41) is 4.34. The summed E-state index contributed by atoms with van der Waals surface area (Å²) in [6.45, 7) is 9.21. The summed E-state index contributed by atoms with van der Waals surface area (Å²) in [6, 6.07) is 0.415. The van der Waals surface area contributed by atoms with Crippen molar-refractivity contribution in [3.05, 3.63) is 17.5 Å². The molecule has 0 aromatic carbocycles. The lowest BCUT2D eigenvalue weighted by atomic mass is 10.1. The van der Waals surface area contributed by atoms with E-state index in [1.165, 1.54) is 11.3 Å². The monoisotopic (exact) mass is 181 g/mol. The molecular formula is C10H19N3. The second kappa shape index (κ2) is 3.92. The highest BCUT2D eigenvalue weighted by atomic mass is 15.3. The fourth-order valence-corrected chi connectivity index (χ4v) is 1.61. The van der Waals surface area contributed by atoms with Gasteiger partial charge in [0, 0.05) is 23.8 Å². The van der Waals surface area contributed by atoms with Crippen LogP contribution in [-0.2, 0) is 6.54 Å². The Hall–Kier alpha value is -0.830. The van der Waals surface area contributed by atoms with E-state index in [1.807, 2.05) is 6.20 Å². The number of hydrogen-bond acceptors (Lipinski definition) is 2. The third kappa shape index (κ3) is 1.91. The molecule has 1 aromatic heterocycles. The van der Waals surface area contributed by atoms with Gasteiger partial charge in [-0.15, -0.1) is 0 Å². The van der Waals surface area contributed by atoms with Crippen LogP contribution in [0.1, 0.15) is 50.9 Å². The van der Waals surface area contributed by atoms with E-state index in [-0.39, 0.29) is 0 Å². The quantitative estimate of drug-likeness (QED) is 0.775. The number of rotatable bonds is 3. The molecule has 3 nitrogen and oxygen atoms in total. The maximum Gasteiger partial charge on any atom is 0.0537 e. The van der Waals surface area contributed by atoms with E-state index in [2.05, 4.69) is 37.5 Å². The van der Waals surface area contributed by atoms with E-state index >= 15 is 0 Å². The van der Waals surface area contributed by atoms with Crippen LogP contribution in [-0.4, -0.2) is 9.78 Å². The topological polar surface area (TPSA) is 43.8 Å². The number of aromatic nitrogens is 2. The van der Waals surface area contributed by atoms with Crippen molar-refractivity contribution in [2.24, 2.45) is 5.73 Å². The Bertz CT molecular complexity index is 274. The minimum Gasteiger partial charge on any atom is -0.326 e. The third-order valence-corrected chi connectivity index (χ3v) is 2.17. The van der Waals surface area contributed by atoms with Crippen molar-refractivity contribution in [3.8, 4) is 0 Å². The predicted octanol–water partition coefficient (Wildman–Crippen LogP) is 2.05. The van der Waals surface area contributed by atoms with Crippen molar-refractivity contribution in [2.45, 2.75) is 46.2 Å². The highest BCUT2D eigenvalue weighted by Crippen LogP contribution is 2.21. The van der Waals surface area contributed by atoms with Crippen LogP contribution in [0, 0.1) is 0 Å². The second-order valence-electron chi connectivity index (χ2n) is 3.95. The van der Waals surface area contributed by atoms with Crippen LogP contribution in [0.15, 0.2) is 6.20 Å². The van der Waals surface area contributed by atoms with Gasteiger partial charge in [0.05, 0.1) is 6.20 Å². The van der Waals surface area contributed by atoms with E-state index < -0.39 is 0 Å². The van der Waals surface area contributed by atoms with Crippen LogP contribution >= 0.6 is 0 Å². The molecule has 1 aromatic rings. The summed E-state index contributed by atoms with van der Waals surface area (Å²) in [6.07, 6.45) is 1.88. The molecule has 0 unspecified atom stereocenters. The smallest absolute Gasteiger partial charge is 0.0537 e. The molecule has 0 bridgehead atoms. The number of nitrogens with zero attached hydrogens (tertiary/aromatic N) is 2. The van der Waals surface area contributed by atoms with Crippen molar-refractivity contribution in [3.63, 3.8) is 0 Å². The van der Waals surface area contributed by atoms with Gasteiger partial charge < -0.3 is 5.73 Å². The van der Waals surface area contributed by atoms with Gasteiger partial charge in [-0.2, -0.15) is 5.10 Å². The highest BCUT2D eigenvalue weighted by Gasteiger charge is 2.14. The molecule has 0 aliphatic heterocycles. The Morgan fingerprint density at radius 2 is 2.00 bits per heavy atom. The van der Waals surface area contributed by atoms with Gasteiger partial charge in [0.2, 0.25) is 0 Å². The van der Waals surface area contributed by atoms with Crippen LogP contribution in [0.4, 0.5) is 0 Å². The van der Waals surface area contributed by atoms with E-state index in [4.69, 9.17) is 5.73 Å². The Morgan fingerprint density at radius 1 is 1.38 bits per heavy atom. The molecule has 74 valence electrons. The second-order valence-corrected chi connectivity index (χ2v) is 3.95. The first kappa shape index (κ1) is 10.3. The molecule has 0 radical (unpaired) electrons. The molecule has 0 aliphatic carbocycles. The Kier molecular flexibility index (Phi) is 3.09. The Morgan fingerprint density at radius 3 is 2.38 bits per heavy atom. The van der Waals surface area contributed by atoms with E-state index in [1.54, 1.807) is 0 Å². The molecule has 0 amide bonds. The SMILES string of the molecule is CC(C)c1c(CN)cnn1C(C)C. The minimum absolute atomic E-state index is 0.415. The molecule has 1 rings (SSSR count). The molecule has 0 atom stereocenters. The highest BCUT2D eigenvalue weighted by molar-refractivity contribution is 5.21. The van der Waals surface area contributed by atoms with E-state index in [0.29, 0.717) is 18.5 Å². The van der Waals surface area contributed by atoms with Gasteiger partial charge in [0.15, 0.2) is 0 Å². The van der Waals surface area contributed by atoms with E-state index in [0.717, 1.165) is 0 Å². The van der Waals surface area contributed by atoms with Gasteiger partial charge in [0.25, 0.3) is 0 Å². The zero-order chi connectivity index (χ0) is 10.0. The average Bonchev–Trinajstić information content (AvgIpc) is 2.46. The van der Waals surface area contributed by atoms with Gasteiger partial charge >= 0.3 is 0 Å². The first-order chi connectivity index (χ1) is 6.07. The zero-order valence-corrected chi connectivity index (χ0v) is 8.91. The molecule has 0 saturated heterocycles. The molecule has 0 saturated carbocycles. The van der Waals surface area contributed by atoms with Gasteiger partial charge in [-0.05, 0) is 19.8 Å². The van der Waals surface area contributed by atoms with Crippen LogP contribution < -0.4 is 5.73 Å². The van der Waals surface area contributed by atoms with Gasteiger partial charge in [0.1, 0.15) is 0 Å². The Labute approximate surface area is 79.9 Å². The maximum atomic E-state index is 5.65. The maximum absolute atomic E-state index is 5.65. The van der Waals surface area contributed by atoms with Crippen LogP contribution in [0.25, 0.3) is 0 Å². The molecular weight excluding hydrogens is 162 g/mol. The summed E-state index contributed by atoms with van der Waals surface area (Å²) in [7, 11) is 0. The van der Waals surface area contributed by atoms with E-state index in [9.17, 15) is 0 Å². The lowest BCUT2D eigenvalue weighted by Gasteiger charge is -2.14. The van der Waals surface area contributed by atoms with Crippen molar-refractivity contribution in [1.82, 2.24) is 9.78 Å². The molecule has 0 aliphatic rings. The van der Waals surface area contributed by atoms with Gasteiger partial charge in [-0.3, -0.25) is 4.68 Å². The standard InChI is InChI=1S/C10H19N3/c1-7(2)10-9(5-11)6-12-13(10)8(3)4/h6-8H,5,11H2,1-4H3. The summed E-state index contributed by atoms with van der Waals surface area (Å²) in [5.41, 5.74) is 8.09. The van der Waals surface area contributed by atoms with Gasteiger partial charge in [-0.1, -0.05) is 13.8 Å². The summed E-state index contributed by atoms with van der Waals surface area (Å²) < 4.78 is 2.06. The van der Waals surface area contributed by atoms with Crippen molar-refractivity contribution in [2.75, 3.05) is 0 Å². The molecule has 0 fully saturated rings.